The lowest BCUT2D eigenvalue weighted by Gasteiger charge is -2.28. The Morgan fingerprint density at radius 3 is 2.70 bits per heavy atom. The minimum Gasteiger partial charge on any atom is -0.508 e. The number of likely N-dealkylation sites (tertiary alicyclic amines) is 1. The fourth-order valence-corrected chi connectivity index (χ4v) is 2.00. The number of phenols is 2. The Bertz CT molecular complexity index is 584. The number of phenolic OH excluding ortho intramolecular Hbond substituents is 2. The molecule has 1 aliphatic rings. The first kappa shape index (κ1) is 13.9. The molecule has 1 aromatic carbocycles. The molecule has 1 heterocycles. The summed E-state index contributed by atoms with van der Waals surface area (Å²) < 4.78 is 0. The van der Waals surface area contributed by atoms with Gasteiger partial charge in [0.15, 0.2) is 0 Å². The molecule has 1 aromatic rings. The molecule has 2 rings (SSSR count). The third kappa shape index (κ3) is 2.56. The highest BCUT2D eigenvalue weighted by molar-refractivity contribution is 6.04. The Morgan fingerprint density at radius 1 is 1.35 bits per heavy atom. The standard InChI is InChI=1S/C13H14N2O5/c1-15-11(18)5-4-9(13(15)20)14-12(19)8-3-2-7(16)6-10(8)17/h2-3,6,9,16-17H,4-5H2,1H3,(H,14,19). The number of benzene rings is 1. The molecule has 1 fully saturated rings. The first-order chi connectivity index (χ1) is 9.40. The molecule has 1 aliphatic heterocycles. The molecule has 3 amide bonds. The summed E-state index contributed by atoms with van der Waals surface area (Å²) in [5, 5.41) is 21.2. The van der Waals surface area contributed by atoms with Crippen molar-refractivity contribution < 1.29 is 24.6 Å². The number of aromatic hydroxyl groups is 2. The van der Waals surface area contributed by atoms with Crippen LogP contribution in [0.15, 0.2) is 18.2 Å². The zero-order valence-corrected chi connectivity index (χ0v) is 10.8. The van der Waals surface area contributed by atoms with Gasteiger partial charge in [-0.2, -0.15) is 0 Å². The molecule has 0 aromatic heterocycles. The van der Waals surface area contributed by atoms with Crippen molar-refractivity contribution in [3.63, 3.8) is 0 Å². The van der Waals surface area contributed by atoms with Crippen molar-refractivity contribution in [3.8, 4) is 11.5 Å². The summed E-state index contributed by atoms with van der Waals surface area (Å²) in [5.41, 5.74) is -0.0462. The lowest BCUT2D eigenvalue weighted by Crippen LogP contribution is -2.52. The molecule has 0 bridgehead atoms. The van der Waals surface area contributed by atoms with E-state index in [4.69, 9.17) is 5.11 Å². The second-order valence-corrected chi connectivity index (χ2v) is 4.56. The lowest BCUT2D eigenvalue weighted by molar-refractivity contribution is -0.147. The fraction of sp³-hybridized carbons (Fsp3) is 0.308. The van der Waals surface area contributed by atoms with Crippen molar-refractivity contribution in [1.29, 1.82) is 0 Å². The highest BCUT2D eigenvalue weighted by atomic mass is 16.3. The van der Waals surface area contributed by atoms with E-state index in [0.717, 1.165) is 11.0 Å². The summed E-state index contributed by atoms with van der Waals surface area (Å²) >= 11 is 0. The van der Waals surface area contributed by atoms with E-state index in [1.807, 2.05) is 0 Å². The molecule has 106 valence electrons. The van der Waals surface area contributed by atoms with Gasteiger partial charge in [0, 0.05) is 19.5 Å². The van der Waals surface area contributed by atoms with Crippen LogP contribution < -0.4 is 5.32 Å². The number of nitrogens with zero attached hydrogens (tertiary/aromatic N) is 1. The van der Waals surface area contributed by atoms with E-state index in [0.29, 0.717) is 0 Å². The van der Waals surface area contributed by atoms with Gasteiger partial charge in [-0.1, -0.05) is 0 Å². The average Bonchev–Trinajstić information content (AvgIpc) is 2.39. The van der Waals surface area contributed by atoms with E-state index < -0.39 is 17.9 Å². The van der Waals surface area contributed by atoms with E-state index in [1.54, 1.807) is 0 Å². The number of likely N-dealkylation sites (N-methyl/N-ethyl adjacent to an activating group) is 1. The Balaban J connectivity index is 2.12. The van der Waals surface area contributed by atoms with Gasteiger partial charge in [0.2, 0.25) is 5.91 Å². The highest BCUT2D eigenvalue weighted by Gasteiger charge is 2.33. The van der Waals surface area contributed by atoms with Gasteiger partial charge >= 0.3 is 0 Å². The van der Waals surface area contributed by atoms with Gasteiger partial charge in [0.05, 0.1) is 5.56 Å². The average molecular weight is 278 g/mol. The number of piperidine rings is 1. The molecule has 20 heavy (non-hydrogen) atoms. The van der Waals surface area contributed by atoms with Crippen molar-refractivity contribution >= 4 is 17.7 Å². The van der Waals surface area contributed by atoms with E-state index in [2.05, 4.69) is 5.32 Å². The van der Waals surface area contributed by atoms with E-state index >= 15 is 0 Å². The Kier molecular flexibility index (Phi) is 3.60. The Hall–Kier alpha value is -2.57. The van der Waals surface area contributed by atoms with Crippen LogP contribution in [0.2, 0.25) is 0 Å². The molecule has 3 N–H and O–H groups in total. The third-order valence-corrected chi connectivity index (χ3v) is 3.18. The number of hydrogen-bond donors (Lipinski definition) is 3. The van der Waals surface area contributed by atoms with E-state index in [-0.39, 0.29) is 35.8 Å². The zero-order chi connectivity index (χ0) is 14.9. The summed E-state index contributed by atoms with van der Waals surface area (Å²) in [7, 11) is 1.36. The molecular weight excluding hydrogens is 264 g/mol. The lowest BCUT2D eigenvalue weighted by atomic mass is 10.0. The molecular formula is C13H14N2O5. The maximum absolute atomic E-state index is 12.0. The van der Waals surface area contributed by atoms with Gasteiger partial charge in [-0.05, 0) is 18.6 Å². The van der Waals surface area contributed by atoms with E-state index in [1.165, 1.54) is 19.2 Å². The highest BCUT2D eigenvalue weighted by Crippen LogP contribution is 2.23. The number of hydrogen-bond acceptors (Lipinski definition) is 5. The predicted octanol–water partition coefficient (Wildman–Crippen LogP) is -0.0250. The summed E-state index contributed by atoms with van der Waals surface area (Å²) in [6.07, 6.45) is 0.404. The zero-order valence-electron chi connectivity index (χ0n) is 10.8. The monoisotopic (exact) mass is 278 g/mol. The van der Waals surface area contributed by atoms with Crippen molar-refractivity contribution in [2.45, 2.75) is 18.9 Å². The van der Waals surface area contributed by atoms with Crippen LogP contribution in [0.5, 0.6) is 11.5 Å². The van der Waals surface area contributed by atoms with Crippen molar-refractivity contribution in [3.05, 3.63) is 23.8 Å². The predicted molar refractivity (Wildman–Crippen MR) is 68.0 cm³/mol. The first-order valence-electron chi connectivity index (χ1n) is 6.03. The first-order valence-corrected chi connectivity index (χ1v) is 6.03. The summed E-state index contributed by atoms with van der Waals surface area (Å²) in [6, 6.07) is 2.75. The van der Waals surface area contributed by atoms with Crippen molar-refractivity contribution in [1.82, 2.24) is 10.2 Å². The number of carbonyl (C=O) groups is 3. The molecule has 0 saturated carbocycles. The van der Waals surface area contributed by atoms with Gasteiger partial charge < -0.3 is 15.5 Å². The third-order valence-electron chi connectivity index (χ3n) is 3.18. The van der Waals surface area contributed by atoms with Gasteiger partial charge in [0.1, 0.15) is 17.5 Å². The molecule has 7 nitrogen and oxygen atoms in total. The molecule has 1 unspecified atom stereocenters. The molecule has 7 heteroatoms. The minimum absolute atomic E-state index is 0.0462. The van der Waals surface area contributed by atoms with Crippen LogP contribution in [-0.2, 0) is 9.59 Å². The van der Waals surface area contributed by atoms with Crippen LogP contribution in [0.4, 0.5) is 0 Å². The smallest absolute Gasteiger partial charge is 0.255 e. The van der Waals surface area contributed by atoms with Gasteiger partial charge in [0.25, 0.3) is 11.8 Å². The largest absolute Gasteiger partial charge is 0.508 e. The number of carbonyl (C=O) groups excluding carboxylic acids is 3. The Labute approximate surface area is 114 Å². The van der Waals surface area contributed by atoms with Crippen LogP contribution in [0.1, 0.15) is 23.2 Å². The van der Waals surface area contributed by atoms with Crippen LogP contribution in [0, 0.1) is 0 Å². The molecule has 0 spiro atoms. The van der Waals surface area contributed by atoms with Gasteiger partial charge in [-0.3, -0.25) is 19.3 Å². The normalized spacial score (nSPS) is 19.1. The minimum atomic E-state index is -0.793. The number of nitrogens with one attached hydrogen (secondary N) is 1. The SMILES string of the molecule is CN1C(=O)CCC(NC(=O)c2ccc(O)cc2O)C1=O. The van der Waals surface area contributed by atoms with Crippen LogP contribution in [0.25, 0.3) is 0 Å². The fourth-order valence-electron chi connectivity index (χ4n) is 2.00. The van der Waals surface area contributed by atoms with Crippen molar-refractivity contribution in [2.24, 2.45) is 0 Å². The molecule has 0 aliphatic carbocycles. The molecule has 1 atom stereocenters. The second-order valence-electron chi connectivity index (χ2n) is 4.56. The van der Waals surface area contributed by atoms with Crippen LogP contribution in [-0.4, -0.2) is 45.9 Å². The van der Waals surface area contributed by atoms with Gasteiger partial charge in [-0.15, -0.1) is 0 Å². The van der Waals surface area contributed by atoms with Crippen molar-refractivity contribution in [2.75, 3.05) is 7.05 Å². The summed E-state index contributed by atoms with van der Waals surface area (Å²) in [5.74, 6) is -1.95. The summed E-state index contributed by atoms with van der Waals surface area (Å²) in [4.78, 5) is 36.1. The number of amides is 3. The van der Waals surface area contributed by atoms with Crippen LogP contribution in [0.3, 0.4) is 0 Å². The molecule has 1 saturated heterocycles. The Morgan fingerprint density at radius 2 is 2.05 bits per heavy atom. The maximum atomic E-state index is 12.0. The quantitative estimate of drug-likeness (QED) is 0.659. The molecule has 0 radical (unpaired) electrons. The maximum Gasteiger partial charge on any atom is 0.255 e. The number of imide groups is 1. The topological polar surface area (TPSA) is 107 Å². The second kappa shape index (κ2) is 5.20. The van der Waals surface area contributed by atoms with Crippen LogP contribution >= 0.6 is 0 Å². The van der Waals surface area contributed by atoms with E-state index in [9.17, 15) is 19.5 Å². The number of rotatable bonds is 2. The summed E-state index contributed by atoms with van der Waals surface area (Å²) in [6.45, 7) is 0. The van der Waals surface area contributed by atoms with Gasteiger partial charge in [-0.25, -0.2) is 0 Å².